The average molecular weight is 142 g/mol. The molecule has 0 saturated heterocycles. The van der Waals surface area contributed by atoms with Crippen molar-refractivity contribution in [1.82, 2.24) is 0 Å². The number of hydrogen-bond donors (Lipinski definition) is 1. The molecule has 1 rings (SSSR count). The van der Waals surface area contributed by atoms with Gasteiger partial charge < -0.3 is 5.11 Å². The Bertz CT molecular complexity index is 132. The van der Waals surface area contributed by atoms with Gasteiger partial charge in [-0.15, -0.1) is 0 Å². The van der Waals surface area contributed by atoms with Gasteiger partial charge in [0.1, 0.15) is 5.78 Å². The summed E-state index contributed by atoms with van der Waals surface area (Å²) in [6.07, 6.45) is 0.927. The van der Waals surface area contributed by atoms with Crippen LogP contribution in [0.1, 0.15) is 26.7 Å². The van der Waals surface area contributed by atoms with Crippen molar-refractivity contribution >= 4 is 5.78 Å². The van der Waals surface area contributed by atoms with Crippen LogP contribution in [0.3, 0.4) is 0 Å². The van der Waals surface area contributed by atoms with Crippen LogP contribution in [0.5, 0.6) is 0 Å². The average Bonchev–Trinajstić information content (AvgIpc) is 1.79. The molecule has 1 N–H and O–H groups in total. The third kappa shape index (κ3) is 1.37. The van der Waals surface area contributed by atoms with E-state index < -0.39 is 0 Å². The van der Waals surface area contributed by atoms with Crippen molar-refractivity contribution < 1.29 is 9.90 Å². The van der Waals surface area contributed by atoms with E-state index in [1.54, 1.807) is 0 Å². The van der Waals surface area contributed by atoms with Gasteiger partial charge in [-0.1, -0.05) is 13.8 Å². The summed E-state index contributed by atoms with van der Waals surface area (Å²) >= 11 is 0. The molecule has 0 aromatic carbocycles. The molecular weight excluding hydrogens is 128 g/mol. The zero-order valence-electron chi connectivity index (χ0n) is 6.50. The van der Waals surface area contributed by atoms with Gasteiger partial charge in [0, 0.05) is 12.8 Å². The second kappa shape index (κ2) is 2.70. The number of aliphatic hydroxyl groups excluding tert-OH is 1. The molecule has 1 aliphatic carbocycles. The number of aliphatic hydroxyl groups is 1. The van der Waals surface area contributed by atoms with Crippen molar-refractivity contribution in [1.29, 1.82) is 0 Å². The quantitative estimate of drug-likeness (QED) is 0.624. The van der Waals surface area contributed by atoms with Crippen molar-refractivity contribution in [3.63, 3.8) is 0 Å². The van der Waals surface area contributed by atoms with Crippen LogP contribution in [0.4, 0.5) is 0 Å². The zero-order valence-corrected chi connectivity index (χ0v) is 6.50. The number of carbonyl (C=O) groups excluding carboxylic acids is 1. The highest BCUT2D eigenvalue weighted by Gasteiger charge is 2.33. The van der Waals surface area contributed by atoms with E-state index in [0.29, 0.717) is 18.6 Å². The molecule has 0 amide bonds. The van der Waals surface area contributed by atoms with Crippen molar-refractivity contribution in [2.75, 3.05) is 0 Å². The zero-order chi connectivity index (χ0) is 7.72. The Morgan fingerprint density at radius 3 is 2.30 bits per heavy atom. The molecular formula is C8H14O2. The molecule has 2 nitrogen and oxygen atoms in total. The van der Waals surface area contributed by atoms with Crippen LogP contribution in [0.25, 0.3) is 0 Å². The SMILES string of the molecule is CC(C)C(O)C1CC(=O)C1. The summed E-state index contributed by atoms with van der Waals surface area (Å²) in [6, 6.07) is 0. The summed E-state index contributed by atoms with van der Waals surface area (Å²) in [6.45, 7) is 3.96. The minimum Gasteiger partial charge on any atom is -0.393 e. The fourth-order valence-corrected chi connectivity index (χ4v) is 1.31. The summed E-state index contributed by atoms with van der Waals surface area (Å²) in [5.74, 6) is 0.843. The molecule has 0 aliphatic heterocycles. The van der Waals surface area contributed by atoms with Crippen LogP contribution in [0, 0.1) is 11.8 Å². The highest BCUT2D eigenvalue weighted by atomic mass is 16.3. The lowest BCUT2D eigenvalue weighted by Gasteiger charge is -2.31. The molecule has 1 fully saturated rings. The first-order valence-corrected chi connectivity index (χ1v) is 3.81. The van der Waals surface area contributed by atoms with Gasteiger partial charge in [0.2, 0.25) is 0 Å². The summed E-state index contributed by atoms with van der Waals surface area (Å²) in [7, 11) is 0. The summed E-state index contributed by atoms with van der Waals surface area (Å²) in [5, 5.41) is 9.41. The maximum absolute atomic E-state index is 10.5. The Kier molecular flexibility index (Phi) is 2.09. The summed E-state index contributed by atoms with van der Waals surface area (Å²) in [5.41, 5.74) is 0. The molecule has 1 saturated carbocycles. The molecule has 0 aromatic rings. The lowest BCUT2D eigenvalue weighted by atomic mass is 9.76. The number of rotatable bonds is 2. The monoisotopic (exact) mass is 142 g/mol. The Hall–Kier alpha value is -0.370. The molecule has 58 valence electrons. The second-order valence-electron chi connectivity index (χ2n) is 3.44. The standard InChI is InChI=1S/C8H14O2/c1-5(2)8(10)6-3-7(9)4-6/h5-6,8,10H,3-4H2,1-2H3. The van der Waals surface area contributed by atoms with Gasteiger partial charge in [-0.05, 0) is 11.8 Å². The first-order chi connectivity index (χ1) is 4.61. The van der Waals surface area contributed by atoms with Gasteiger partial charge in [-0.2, -0.15) is 0 Å². The van der Waals surface area contributed by atoms with Gasteiger partial charge in [-0.3, -0.25) is 4.79 Å². The first-order valence-electron chi connectivity index (χ1n) is 3.81. The molecule has 0 aromatic heterocycles. The molecule has 0 bridgehead atoms. The van der Waals surface area contributed by atoms with Gasteiger partial charge in [0.25, 0.3) is 0 Å². The van der Waals surface area contributed by atoms with Crippen molar-refractivity contribution in [3.8, 4) is 0 Å². The highest BCUT2D eigenvalue weighted by Crippen LogP contribution is 2.29. The van der Waals surface area contributed by atoms with Crippen LogP contribution in [0.2, 0.25) is 0 Å². The summed E-state index contributed by atoms with van der Waals surface area (Å²) in [4.78, 5) is 10.5. The van der Waals surface area contributed by atoms with Crippen LogP contribution in [-0.2, 0) is 4.79 Å². The molecule has 10 heavy (non-hydrogen) atoms. The van der Waals surface area contributed by atoms with Crippen molar-refractivity contribution in [3.05, 3.63) is 0 Å². The first kappa shape index (κ1) is 7.73. The lowest BCUT2D eigenvalue weighted by molar-refractivity contribution is -0.131. The predicted molar refractivity (Wildman–Crippen MR) is 38.6 cm³/mol. The van der Waals surface area contributed by atoms with Gasteiger partial charge in [0.15, 0.2) is 0 Å². The summed E-state index contributed by atoms with van der Waals surface area (Å²) < 4.78 is 0. The molecule has 1 unspecified atom stereocenters. The predicted octanol–water partition coefficient (Wildman–Crippen LogP) is 0.982. The Balaban J connectivity index is 2.30. The molecule has 2 heteroatoms. The fraction of sp³-hybridized carbons (Fsp3) is 0.875. The Morgan fingerprint density at radius 1 is 1.50 bits per heavy atom. The highest BCUT2D eigenvalue weighted by molar-refractivity contribution is 5.84. The van der Waals surface area contributed by atoms with E-state index in [1.807, 2.05) is 13.8 Å². The fourth-order valence-electron chi connectivity index (χ4n) is 1.31. The van der Waals surface area contributed by atoms with Crippen LogP contribution >= 0.6 is 0 Å². The number of ketones is 1. The topological polar surface area (TPSA) is 37.3 Å². The van der Waals surface area contributed by atoms with Crippen LogP contribution < -0.4 is 0 Å². The van der Waals surface area contributed by atoms with Gasteiger partial charge in [0.05, 0.1) is 6.10 Å². The molecule has 1 atom stereocenters. The van der Waals surface area contributed by atoms with E-state index in [1.165, 1.54) is 0 Å². The van der Waals surface area contributed by atoms with E-state index >= 15 is 0 Å². The third-order valence-electron chi connectivity index (χ3n) is 2.15. The smallest absolute Gasteiger partial charge is 0.133 e. The molecule has 0 spiro atoms. The Labute approximate surface area is 61.2 Å². The number of carbonyl (C=O) groups is 1. The molecule has 0 radical (unpaired) electrons. The van der Waals surface area contributed by atoms with Crippen molar-refractivity contribution in [2.45, 2.75) is 32.8 Å². The van der Waals surface area contributed by atoms with E-state index in [4.69, 9.17) is 0 Å². The normalized spacial score (nSPS) is 23.0. The van der Waals surface area contributed by atoms with Crippen LogP contribution in [0.15, 0.2) is 0 Å². The molecule has 0 heterocycles. The number of hydrogen-bond acceptors (Lipinski definition) is 2. The minimum absolute atomic E-state index is 0.257. The maximum atomic E-state index is 10.5. The van der Waals surface area contributed by atoms with E-state index in [9.17, 15) is 9.90 Å². The van der Waals surface area contributed by atoms with Gasteiger partial charge in [-0.25, -0.2) is 0 Å². The third-order valence-corrected chi connectivity index (χ3v) is 2.15. The Morgan fingerprint density at radius 2 is 2.00 bits per heavy atom. The van der Waals surface area contributed by atoms with Gasteiger partial charge >= 0.3 is 0 Å². The minimum atomic E-state index is -0.266. The van der Waals surface area contributed by atoms with E-state index in [-0.39, 0.29) is 17.9 Å². The number of Topliss-reactive ketones (excluding diaryl/α,β-unsaturated/α-hetero) is 1. The van der Waals surface area contributed by atoms with E-state index in [2.05, 4.69) is 0 Å². The lowest BCUT2D eigenvalue weighted by Crippen LogP contribution is -2.36. The van der Waals surface area contributed by atoms with E-state index in [0.717, 1.165) is 0 Å². The second-order valence-corrected chi connectivity index (χ2v) is 3.44. The van der Waals surface area contributed by atoms with Crippen molar-refractivity contribution in [2.24, 2.45) is 11.8 Å². The van der Waals surface area contributed by atoms with Crippen LogP contribution in [-0.4, -0.2) is 17.0 Å². The maximum Gasteiger partial charge on any atom is 0.133 e. The molecule has 1 aliphatic rings. The largest absolute Gasteiger partial charge is 0.393 e.